The molecule has 1 fully saturated rings. The van der Waals surface area contributed by atoms with Gasteiger partial charge >= 0.3 is 0 Å². The van der Waals surface area contributed by atoms with Gasteiger partial charge in [-0.3, -0.25) is 0 Å². The van der Waals surface area contributed by atoms with Crippen LogP contribution >= 0.6 is 22.1 Å². The normalized spacial score (nSPS) is 28.4. The summed E-state index contributed by atoms with van der Waals surface area (Å²) in [7, 11) is -0.458. The largest absolute Gasteiger partial charge is 0.359 e. The Bertz CT molecular complexity index is 575. The van der Waals surface area contributed by atoms with Crippen LogP contribution in [0.25, 0.3) is 0 Å². The molecule has 136 valence electrons. The summed E-state index contributed by atoms with van der Waals surface area (Å²) in [6.07, 6.45) is 5.55. The zero-order valence-electron chi connectivity index (χ0n) is 15.1. The number of methoxy groups -OCH3 is 1. The Morgan fingerprint density at radius 2 is 1.92 bits per heavy atom. The summed E-state index contributed by atoms with van der Waals surface area (Å²) in [6.45, 7) is 6.34. The highest BCUT2D eigenvalue weighted by atomic mass is 35.5. The van der Waals surface area contributed by atoms with Crippen LogP contribution in [0.4, 0.5) is 0 Å². The van der Waals surface area contributed by atoms with Gasteiger partial charge in [0.05, 0.1) is 6.10 Å². The number of hydrogen-bond donors (Lipinski definition) is 1. The Hall–Kier alpha value is -0.590. The van der Waals surface area contributed by atoms with Crippen molar-refractivity contribution in [3.8, 4) is 0 Å². The summed E-state index contributed by atoms with van der Waals surface area (Å²) in [5.41, 5.74) is 0.933. The number of nitrogens with zero attached hydrogens (tertiary/aromatic N) is 1. The lowest BCUT2D eigenvalue weighted by atomic mass is 9.63. The molecule has 1 saturated carbocycles. The monoisotopic (exact) mass is 373 g/mol. The van der Waals surface area contributed by atoms with Crippen molar-refractivity contribution in [2.45, 2.75) is 49.9 Å². The minimum absolute atomic E-state index is 0.140. The second-order valence-corrected chi connectivity index (χ2v) is 11.0. The van der Waals surface area contributed by atoms with Crippen molar-refractivity contribution in [1.29, 1.82) is 0 Å². The van der Waals surface area contributed by atoms with E-state index >= 15 is 0 Å². The van der Waals surface area contributed by atoms with Gasteiger partial charge in [0.2, 0.25) is 0 Å². The summed E-state index contributed by atoms with van der Waals surface area (Å²) in [5, 5.41) is 0.713. The van der Waals surface area contributed by atoms with Crippen LogP contribution < -0.4 is 0 Å². The third kappa shape index (κ3) is 4.33. The molecule has 2 rings (SSSR count). The van der Waals surface area contributed by atoms with Crippen molar-refractivity contribution in [2.24, 2.45) is 4.40 Å². The van der Waals surface area contributed by atoms with E-state index in [-0.39, 0.29) is 16.3 Å². The minimum atomic E-state index is -2.08. The molecule has 6 heteroatoms. The molecular formula is C18H28ClNO3S. The van der Waals surface area contributed by atoms with Crippen LogP contribution in [-0.2, 0) is 14.9 Å². The Morgan fingerprint density at radius 3 is 2.42 bits per heavy atom. The molecule has 1 atom stereocenters. The van der Waals surface area contributed by atoms with E-state index in [1.807, 2.05) is 57.5 Å². The van der Waals surface area contributed by atoms with E-state index in [9.17, 15) is 4.55 Å². The van der Waals surface area contributed by atoms with Crippen LogP contribution in [0.2, 0.25) is 5.02 Å². The van der Waals surface area contributed by atoms with E-state index in [2.05, 4.69) is 4.40 Å². The fourth-order valence-electron chi connectivity index (χ4n) is 2.59. The van der Waals surface area contributed by atoms with Crippen LogP contribution in [-0.4, -0.2) is 41.8 Å². The molecule has 1 unspecified atom stereocenters. The molecule has 1 aromatic carbocycles. The molecule has 0 saturated heterocycles. The fourth-order valence-corrected chi connectivity index (χ4v) is 3.44. The SMILES string of the molecule is COCOC1CC(/C=N/S(C)(O)C(C)(C)C)(c2ccc(Cl)cc2)C1. The third-order valence-electron chi connectivity index (χ3n) is 4.69. The van der Waals surface area contributed by atoms with E-state index in [0.29, 0.717) is 11.8 Å². The average molecular weight is 374 g/mol. The summed E-state index contributed by atoms with van der Waals surface area (Å²) >= 11 is 6.02. The zero-order chi connectivity index (χ0) is 18.0. The highest BCUT2D eigenvalue weighted by molar-refractivity contribution is 8.28. The van der Waals surface area contributed by atoms with Crippen molar-refractivity contribution < 1.29 is 14.0 Å². The van der Waals surface area contributed by atoms with Crippen molar-refractivity contribution in [1.82, 2.24) is 0 Å². The molecule has 0 aliphatic heterocycles. The molecule has 0 heterocycles. The number of rotatable bonds is 6. The summed E-state index contributed by atoms with van der Waals surface area (Å²) in [6, 6.07) is 7.85. The van der Waals surface area contributed by atoms with E-state index in [4.69, 9.17) is 21.1 Å². The molecule has 4 nitrogen and oxygen atoms in total. The predicted molar refractivity (Wildman–Crippen MR) is 104 cm³/mol. The van der Waals surface area contributed by atoms with E-state index in [0.717, 1.165) is 18.4 Å². The Balaban J connectivity index is 2.24. The van der Waals surface area contributed by atoms with Crippen molar-refractivity contribution in [3.05, 3.63) is 34.9 Å². The van der Waals surface area contributed by atoms with Crippen LogP contribution in [0.3, 0.4) is 0 Å². The average Bonchev–Trinajstić information content (AvgIpc) is 2.45. The maximum absolute atomic E-state index is 10.7. The van der Waals surface area contributed by atoms with Gasteiger partial charge in [0.1, 0.15) is 6.79 Å². The third-order valence-corrected chi connectivity index (χ3v) is 7.78. The molecule has 1 aromatic rings. The van der Waals surface area contributed by atoms with Crippen LogP contribution in [0, 0.1) is 0 Å². The maximum atomic E-state index is 10.7. The lowest BCUT2D eigenvalue weighted by Gasteiger charge is -2.46. The lowest BCUT2D eigenvalue weighted by molar-refractivity contribution is -0.110. The fraction of sp³-hybridized carbons (Fsp3) is 0.611. The first-order valence-electron chi connectivity index (χ1n) is 8.03. The summed E-state index contributed by atoms with van der Waals surface area (Å²) < 4.78 is 25.8. The van der Waals surface area contributed by atoms with Gasteiger partial charge in [-0.05, 0) is 61.8 Å². The summed E-state index contributed by atoms with van der Waals surface area (Å²) in [5.74, 6) is 0. The molecule has 24 heavy (non-hydrogen) atoms. The smallest absolute Gasteiger partial charge is 0.146 e. The summed E-state index contributed by atoms with van der Waals surface area (Å²) in [4.78, 5) is 0. The molecular weight excluding hydrogens is 346 g/mol. The molecule has 0 spiro atoms. The van der Waals surface area contributed by atoms with Gasteiger partial charge in [-0.25, -0.2) is 4.40 Å². The maximum Gasteiger partial charge on any atom is 0.146 e. The van der Waals surface area contributed by atoms with Crippen molar-refractivity contribution in [3.63, 3.8) is 0 Å². The molecule has 0 amide bonds. The van der Waals surface area contributed by atoms with E-state index in [1.54, 1.807) is 7.11 Å². The highest BCUT2D eigenvalue weighted by Crippen LogP contribution is 2.55. The van der Waals surface area contributed by atoms with Gasteiger partial charge in [-0.15, -0.1) is 0 Å². The number of hydrogen-bond acceptors (Lipinski definition) is 4. The van der Waals surface area contributed by atoms with Crippen molar-refractivity contribution >= 4 is 28.3 Å². The van der Waals surface area contributed by atoms with Gasteiger partial charge < -0.3 is 14.0 Å². The second kappa shape index (κ2) is 7.34. The first-order valence-corrected chi connectivity index (χ1v) is 10.4. The van der Waals surface area contributed by atoms with Gasteiger partial charge in [0, 0.05) is 34.8 Å². The van der Waals surface area contributed by atoms with Crippen LogP contribution in [0.1, 0.15) is 39.2 Å². The molecule has 1 aliphatic carbocycles. The van der Waals surface area contributed by atoms with Gasteiger partial charge in [-0.1, -0.05) is 23.7 Å². The van der Waals surface area contributed by atoms with Crippen LogP contribution in [0.15, 0.2) is 28.7 Å². The lowest BCUT2D eigenvalue weighted by Crippen LogP contribution is -2.47. The minimum Gasteiger partial charge on any atom is -0.359 e. The first-order chi connectivity index (χ1) is 11.1. The van der Waals surface area contributed by atoms with E-state index in [1.165, 1.54) is 0 Å². The Kier molecular flexibility index (Phi) is 6.03. The van der Waals surface area contributed by atoms with Crippen molar-refractivity contribution in [2.75, 3.05) is 20.2 Å². The van der Waals surface area contributed by atoms with Gasteiger partial charge in [0.25, 0.3) is 0 Å². The number of ether oxygens (including phenoxy) is 2. The molecule has 0 aromatic heterocycles. The number of halogens is 1. The predicted octanol–water partition coefficient (Wildman–Crippen LogP) is 5.05. The second-order valence-electron chi connectivity index (χ2n) is 7.45. The van der Waals surface area contributed by atoms with Gasteiger partial charge in [0.15, 0.2) is 0 Å². The topological polar surface area (TPSA) is 51.0 Å². The molecule has 0 radical (unpaired) electrons. The first kappa shape index (κ1) is 19.7. The van der Waals surface area contributed by atoms with Gasteiger partial charge in [-0.2, -0.15) is 0 Å². The Labute approximate surface area is 151 Å². The quantitative estimate of drug-likeness (QED) is 0.560. The molecule has 1 N–H and O–H groups in total. The zero-order valence-corrected chi connectivity index (χ0v) is 16.7. The molecule has 1 aliphatic rings. The molecule has 0 bridgehead atoms. The number of benzene rings is 1. The highest BCUT2D eigenvalue weighted by Gasteiger charge is 2.46. The van der Waals surface area contributed by atoms with Crippen LogP contribution in [0.5, 0.6) is 0 Å². The standard InChI is InChI=1S/C18H28ClNO3S/c1-17(2,3)24(5,21)20-12-18(10-16(11-18)23-13-22-4)14-6-8-15(19)9-7-14/h6-9,12,16,21H,10-11,13H2,1-5H3/b20-12+. The van der Waals surface area contributed by atoms with E-state index < -0.39 is 10.5 Å². The Morgan fingerprint density at radius 1 is 1.33 bits per heavy atom.